The van der Waals surface area contributed by atoms with E-state index < -0.39 is 0 Å². The Morgan fingerprint density at radius 3 is 2.26 bits per heavy atom. The average Bonchev–Trinajstić information content (AvgIpc) is 3.41. The van der Waals surface area contributed by atoms with Crippen LogP contribution in [-0.2, 0) is 17.6 Å². The van der Waals surface area contributed by atoms with Crippen molar-refractivity contribution in [3.8, 4) is 0 Å². The summed E-state index contributed by atoms with van der Waals surface area (Å²) in [6, 6.07) is 8.90. The molecule has 4 unspecified atom stereocenters. The fourth-order valence-corrected chi connectivity index (χ4v) is 5.98. The highest BCUT2D eigenvalue weighted by atomic mass is 16.5. The van der Waals surface area contributed by atoms with Crippen molar-refractivity contribution in [1.29, 1.82) is 0 Å². The molecule has 4 atom stereocenters. The van der Waals surface area contributed by atoms with Gasteiger partial charge in [0.2, 0.25) is 0 Å². The van der Waals surface area contributed by atoms with Crippen molar-refractivity contribution >= 4 is 5.96 Å². The minimum absolute atomic E-state index is 0.122. The summed E-state index contributed by atoms with van der Waals surface area (Å²) in [5.74, 6) is 2.49. The molecule has 0 radical (unpaired) electrons. The average molecular weight is 369 g/mol. The zero-order valence-electron chi connectivity index (χ0n) is 16.8. The van der Waals surface area contributed by atoms with Crippen molar-refractivity contribution in [2.24, 2.45) is 16.8 Å². The van der Waals surface area contributed by atoms with E-state index in [-0.39, 0.29) is 5.54 Å². The molecule has 5 nitrogen and oxygen atoms in total. The summed E-state index contributed by atoms with van der Waals surface area (Å²) in [4.78, 5) is 9.52. The molecule has 0 spiro atoms. The normalized spacial score (nSPS) is 33.6. The Morgan fingerprint density at radius 1 is 1.15 bits per heavy atom. The first-order valence-corrected chi connectivity index (χ1v) is 10.4. The van der Waals surface area contributed by atoms with Crippen molar-refractivity contribution in [2.45, 2.75) is 43.4 Å². The lowest BCUT2D eigenvalue weighted by molar-refractivity contribution is 0.0765. The van der Waals surface area contributed by atoms with E-state index in [1.165, 1.54) is 24.0 Å². The van der Waals surface area contributed by atoms with E-state index in [0.29, 0.717) is 24.0 Å². The van der Waals surface area contributed by atoms with Crippen LogP contribution < -0.4 is 5.32 Å². The van der Waals surface area contributed by atoms with Gasteiger partial charge in [0, 0.05) is 44.1 Å². The van der Waals surface area contributed by atoms with Crippen LogP contribution in [0.5, 0.6) is 0 Å². The predicted molar refractivity (Wildman–Crippen MR) is 108 cm³/mol. The van der Waals surface area contributed by atoms with Crippen LogP contribution in [0.15, 0.2) is 29.3 Å². The van der Waals surface area contributed by atoms with Gasteiger partial charge in [0.05, 0.1) is 12.2 Å². The van der Waals surface area contributed by atoms with Crippen LogP contribution in [0, 0.1) is 11.8 Å². The van der Waals surface area contributed by atoms with Crippen molar-refractivity contribution in [2.75, 3.05) is 40.8 Å². The van der Waals surface area contributed by atoms with Crippen LogP contribution in [-0.4, -0.2) is 74.3 Å². The molecule has 3 saturated heterocycles. The molecule has 1 N–H and O–H groups in total. The van der Waals surface area contributed by atoms with E-state index in [1.54, 1.807) is 0 Å². The van der Waals surface area contributed by atoms with Gasteiger partial charge < -0.3 is 19.9 Å². The van der Waals surface area contributed by atoms with E-state index in [9.17, 15) is 0 Å². The molecule has 1 aliphatic carbocycles. The molecule has 27 heavy (non-hydrogen) atoms. The van der Waals surface area contributed by atoms with E-state index in [4.69, 9.17) is 4.74 Å². The Labute approximate surface area is 162 Å². The first-order valence-electron chi connectivity index (χ1n) is 10.4. The molecule has 0 amide bonds. The second-order valence-corrected chi connectivity index (χ2v) is 9.16. The Hall–Kier alpha value is -1.59. The van der Waals surface area contributed by atoms with Crippen LogP contribution in [0.25, 0.3) is 0 Å². The quantitative estimate of drug-likeness (QED) is 0.652. The van der Waals surface area contributed by atoms with E-state index in [0.717, 1.165) is 38.4 Å². The number of fused-ring (bicyclic) bond motifs is 6. The molecule has 146 valence electrons. The van der Waals surface area contributed by atoms with E-state index in [1.807, 2.05) is 7.05 Å². The number of nitrogens with zero attached hydrogens (tertiary/aromatic N) is 3. The zero-order valence-corrected chi connectivity index (χ0v) is 16.8. The van der Waals surface area contributed by atoms with Crippen LogP contribution in [0.4, 0.5) is 0 Å². The molecule has 2 bridgehead atoms. The zero-order chi connectivity index (χ0) is 18.6. The third-order valence-corrected chi connectivity index (χ3v) is 7.65. The third kappa shape index (κ3) is 2.78. The minimum atomic E-state index is 0.122. The lowest BCUT2D eigenvalue weighted by atomic mass is 9.82. The molecule has 4 aliphatic rings. The van der Waals surface area contributed by atoms with Gasteiger partial charge >= 0.3 is 0 Å². The summed E-state index contributed by atoms with van der Waals surface area (Å²) >= 11 is 0. The van der Waals surface area contributed by atoms with Gasteiger partial charge in [-0.3, -0.25) is 4.99 Å². The molecule has 0 aromatic heterocycles. The monoisotopic (exact) mass is 368 g/mol. The van der Waals surface area contributed by atoms with Gasteiger partial charge in [-0.1, -0.05) is 24.3 Å². The highest BCUT2D eigenvalue weighted by molar-refractivity contribution is 5.80. The molecule has 1 aromatic carbocycles. The standard InChI is InChI=1S/C22H32N4O/c1-23-21(26-12-17-18(13-26)20-9-8-19(17)27-20)24-14-22(25(2)3)10-15-6-4-5-7-16(15)11-22/h4-7,17-20H,8-14H2,1-3H3,(H,23,24). The van der Waals surface area contributed by atoms with Gasteiger partial charge in [-0.15, -0.1) is 0 Å². The number of likely N-dealkylation sites (N-methyl/N-ethyl adjacent to an activating group) is 1. The number of guanidine groups is 1. The second-order valence-electron chi connectivity index (χ2n) is 9.16. The van der Waals surface area contributed by atoms with Gasteiger partial charge in [0.1, 0.15) is 0 Å². The second kappa shape index (κ2) is 6.49. The molecular weight excluding hydrogens is 336 g/mol. The minimum Gasteiger partial charge on any atom is -0.374 e. The van der Waals surface area contributed by atoms with Crippen LogP contribution in [0.2, 0.25) is 0 Å². The Morgan fingerprint density at radius 2 is 1.74 bits per heavy atom. The molecule has 3 aliphatic heterocycles. The summed E-state index contributed by atoms with van der Waals surface area (Å²) in [5.41, 5.74) is 3.11. The maximum atomic E-state index is 6.13. The van der Waals surface area contributed by atoms with Gasteiger partial charge in [0.25, 0.3) is 0 Å². The number of likely N-dealkylation sites (tertiary alicyclic amines) is 1. The van der Waals surface area contributed by atoms with Crippen LogP contribution >= 0.6 is 0 Å². The van der Waals surface area contributed by atoms with Gasteiger partial charge in [0.15, 0.2) is 5.96 Å². The lowest BCUT2D eigenvalue weighted by Gasteiger charge is -2.38. The number of hydrogen-bond donors (Lipinski definition) is 1. The first kappa shape index (κ1) is 17.5. The van der Waals surface area contributed by atoms with Crippen molar-refractivity contribution in [1.82, 2.24) is 15.1 Å². The van der Waals surface area contributed by atoms with Crippen LogP contribution in [0.1, 0.15) is 24.0 Å². The van der Waals surface area contributed by atoms with Gasteiger partial charge in [-0.05, 0) is 50.9 Å². The largest absolute Gasteiger partial charge is 0.374 e. The molecule has 3 fully saturated rings. The number of aliphatic imine (C=N–C) groups is 1. The lowest BCUT2D eigenvalue weighted by Crippen LogP contribution is -2.55. The molecule has 5 rings (SSSR count). The molecule has 0 saturated carbocycles. The number of ether oxygens (including phenoxy) is 1. The molecule has 1 aromatic rings. The van der Waals surface area contributed by atoms with Gasteiger partial charge in [-0.2, -0.15) is 0 Å². The topological polar surface area (TPSA) is 40.1 Å². The van der Waals surface area contributed by atoms with Crippen molar-refractivity contribution in [3.05, 3.63) is 35.4 Å². The predicted octanol–water partition coefficient (Wildman–Crippen LogP) is 1.77. The summed E-state index contributed by atoms with van der Waals surface area (Å²) < 4.78 is 6.13. The maximum absolute atomic E-state index is 6.13. The number of hydrogen-bond acceptors (Lipinski definition) is 3. The summed E-state index contributed by atoms with van der Waals surface area (Å²) in [6.45, 7) is 3.12. The highest BCUT2D eigenvalue weighted by Gasteiger charge is 2.53. The van der Waals surface area contributed by atoms with Gasteiger partial charge in [-0.25, -0.2) is 0 Å². The number of nitrogens with one attached hydrogen (secondary N) is 1. The van der Waals surface area contributed by atoms with Crippen molar-refractivity contribution < 1.29 is 4.74 Å². The smallest absolute Gasteiger partial charge is 0.193 e. The Balaban J connectivity index is 1.27. The SMILES string of the molecule is CN=C(NCC1(N(C)C)Cc2ccccc2C1)N1CC2C3CCC(O3)C2C1. The third-order valence-electron chi connectivity index (χ3n) is 7.65. The fraction of sp³-hybridized carbons (Fsp3) is 0.682. The molecule has 5 heteroatoms. The van der Waals surface area contributed by atoms with Crippen LogP contribution in [0.3, 0.4) is 0 Å². The summed E-state index contributed by atoms with van der Waals surface area (Å²) in [6.07, 6.45) is 5.72. The summed E-state index contributed by atoms with van der Waals surface area (Å²) in [5, 5.41) is 3.74. The highest BCUT2D eigenvalue weighted by Crippen LogP contribution is 2.47. The maximum Gasteiger partial charge on any atom is 0.193 e. The number of benzene rings is 1. The fourth-order valence-electron chi connectivity index (χ4n) is 5.98. The van der Waals surface area contributed by atoms with Crippen molar-refractivity contribution in [3.63, 3.8) is 0 Å². The molecular formula is C22H32N4O. The molecule has 3 heterocycles. The Kier molecular flexibility index (Phi) is 4.21. The van der Waals surface area contributed by atoms with E-state index >= 15 is 0 Å². The Bertz CT molecular complexity index is 703. The number of rotatable bonds is 3. The first-order chi connectivity index (χ1) is 13.1. The van der Waals surface area contributed by atoms with E-state index in [2.05, 4.69) is 58.5 Å². The summed E-state index contributed by atoms with van der Waals surface area (Å²) in [7, 11) is 6.35.